The van der Waals surface area contributed by atoms with Crippen molar-refractivity contribution in [1.82, 2.24) is 5.32 Å². The van der Waals surface area contributed by atoms with Crippen molar-refractivity contribution in [2.75, 3.05) is 19.0 Å². The molecule has 0 fully saturated rings. The van der Waals surface area contributed by atoms with Crippen LogP contribution in [-0.4, -0.2) is 14.1 Å². The topological polar surface area (TPSA) is 15.3 Å². The van der Waals surface area contributed by atoms with E-state index in [9.17, 15) is 8.78 Å². The highest BCUT2D eigenvalue weighted by atomic mass is 35.5. The number of nitrogens with zero attached hydrogens (tertiary/aromatic N) is 1. The van der Waals surface area contributed by atoms with E-state index < -0.39 is 11.6 Å². The molecular formula is C14H15ClF2N2S. The van der Waals surface area contributed by atoms with Crippen LogP contribution in [0.3, 0.4) is 0 Å². The van der Waals surface area contributed by atoms with Gasteiger partial charge in [0.05, 0.1) is 10.9 Å². The summed E-state index contributed by atoms with van der Waals surface area (Å²) in [5.41, 5.74) is 0.563. The summed E-state index contributed by atoms with van der Waals surface area (Å²) >= 11 is 7.26. The van der Waals surface area contributed by atoms with E-state index in [1.54, 1.807) is 25.1 Å². The molecular weight excluding hydrogens is 302 g/mol. The number of hydrogen-bond donors (Lipinski definition) is 1. The lowest BCUT2D eigenvalue weighted by Gasteiger charge is -2.20. The number of hydrogen-bond acceptors (Lipinski definition) is 3. The highest BCUT2D eigenvalue weighted by Gasteiger charge is 2.16. The lowest BCUT2D eigenvalue weighted by Crippen LogP contribution is -2.19. The Morgan fingerprint density at radius 2 is 1.90 bits per heavy atom. The van der Waals surface area contributed by atoms with Gasteiger partial charge in [0.15, 0.2) is 0 Å². The van der Waals surface area contributed by atoms with E-state index in [1.807, 2.05) is 6.07 Å². The smallest absolute Gasteiger partial charge is 0.149 e. The fourth-order valence-corrected chi connectivity index (χ4v) is 3.18. The van der Waals surface area contributed by atoms with Crippen molar-refractivity contribution in [3.05, 3.63) is 50.7 Å². The Kier molecular flexibility index (Phi) is 4.96. The van der Waals surface area contributed by atoms with Gasteiger partial charge < -0.3 is 10.2 Å². The normalized spacial score (nSPS) is 10.8. The van der Waals surface area contributed by atoms with Crippen LogP contribution in [0.4, 0.5) is 14.5 Å². The molecule has 0 saturated carbocycles. The Bertz CT molecular complexity index is 578. The van der Waals surface area contributed by atoms with E-state index in [0.29, 0.717) is 23.0 Å². The number of benzene rings is 1. The van der Waals surface area contributed by atoms with Gasteiger partial charge in [0.2, 0.25) is 0 Å². The van der Waals surface area contributed by atoms with E-state index in [0.717, 1.165) is 4.88 Å². The van der Waals surface area contributed by atoms with Crippen LogP contribution >= 0.6 is 22.9 Å². The van der Waals surface area contributed by atoms with E-state index in [2.05, 4.69) is 5.32 Å². The van der Waals surface area contributed by atoms with Crippen LogP contribution in [0.25, 0.3) is 0 Å². The number of halogens is 3. The van der Waals surface area contributed by atoms with Gasteiger partial charge >= 0.3 is 0 Å². The molecule has 0 aliphatic carbocycles. The number of thiophene rings is 1. The summed E-state index contributed by atoms with van der Waals surface area (Å²) in [5, 5.41) is 2.87. The maximum Gasteiger partial charge on any atom is 0.149 e. The van der Waals surface area contributed by atoms with Crippen LogP contribution in [0.2, 0.25) is 4.34 Å². The Labute approximate surface area is 126 Å². The van der Waals surface area contributed by atoms with Crippen molar-refractivity contribution < 1.29 is 8.78 Å². The summed E-state index contributed by atoms with van der Waals surface area (Å²) in [4.78, 5) is 2.51. The fraction of sp³-hybridized carbons (Fsp3) is 0.286. The number of anilines is 1. The molecule has 2 rings (SSSR count). The molecule has 1 aromatic heterocycles. The third-order valence-corrected chi connectivity index (χ3v) is 4.08. The molecule has 1 aromatic carbocycles. The van der Waals surface area contributed by atoms with Crippen LogP contribution in [0.5, 0.6) is 0 Å². The molecule has 0 atom stereocenters. The standard InChI is InChI=1S/C14H15ClF2N2S/c1-18-7-9-5-11(16)14(12(17)6-9)19(2)8-10-3-4-13(15)20-10/h3-6,18H,7-8H2,1-2H3. The van der Waals surface area contributed by atoms with Crippen molar-refractivity contribution in [2.45, 2.75) is 13.1 Å². The van der Waals surface area contributed by atoms with E-state index in [1.165, 1.54) is 23.5 Å². The van der Waals surface area contributed by atoms with Crippen LogP contribution in [0.1, 0.15) is 10.4 Å². The monoisotopic (exact) mass is 316 g/mol. The average molecular weight is 317 g/mol. The first-order chi connectivity index (χ1) is 9.51. The number of rotatable bonds is 5. The van der Waals surface area contributed by atoms with Crippen LogP contribution in [-0.2, 0) is 13.1 Å². The lowest BCUT2D eigenvalue weighted by atomic mass is 10.1. The van der Waals surface area contributed by atoms with E-state index in [-0.39, 0.29) is 5.69 Å². The molecule has 0 saturated heterocycles. The van der Waals surface area contributed by atoms with Crippen molar-refractivity contribution in [3.63, 3.8) is 0 Å². The molecule has 6 heteroatoms. The minimum Gasteiger partial charge on any atom is -0.365 e. The zero-order valence-corrected chi connectivity index (χ0v) is 12.8. The van der Waals surface area contributed by atoms with E-state index in [4.69, 9.17) is 11.6 Å². The quantitative estimate of drug-likeness (QED) is 0.895. The molecule has 0 amide bonds. The summed E-state index contributed by atoms with van der Waals surface area (Å²) in [7, 11) is 3.39. The molecule has 0 unspecified atom stereocenters. The van der Waals surface area contributed by atoms with Gasteiger partial charge in [0, 0.05) is 18.5 Å². The first-order valence-corrected chi connectivity index (χ1v) is 7.28. The second-order valence-electron chi connectivity index (χ2n) is 4.50. The first-order valence-electron chi connectivity index (χ1n) is 6.09. The molecule has 2 nitrogen and oxygen atoms in total. The molecule has 2 aromatic rings. The molecule has 20 heavy (non-hydrogen) atoms. The molecule has 0 spiro atoms. The molecule has 1 N–H and O–H groups in total. The van der Waals surface area contributed by atoms with Gasteiger partial charge in [-0.2, -0.15) is 0 Å². The molecule has 0 bridgehead atoms. The second kappa shape index (κ2) is 6.52. The summed E-state index contributed by atoms with van der Waals surface area (Å²) in [6, 6.07) is 6.34. The third-order valence-electron chi connectivity index (χ3n) is 2.86. The zero-order chi connectivity index (χ0) is 14.7. The molecule has 0 radical (unpaired) electrons. The Morgan fingerprint density at radius 1 is 1.25 bits per heavy atom. The predicted octanol–water partition coefficient (Wildman–Crippen LogP) is 4.04. The summed E-state index contributed by atoms with van der Waals surface area (Å²) < 4.78 is 28.8. The maximum absolute atomic E-state index is 14.1. The largest absolute Gasteiger partial charge is 0.365 e. The Morgan fingerprint density at radius 3 is 2.40 bits per heavy atom. The maximum atomic E-state index is 14.1. The fourth-order valence-electron chi connectivity index (χ4n) is 2.04. The summed E-state index contributed by atoms with van der Waals surface area (Å²) in [6.07, 6.45) is 0. The highest BCUT2D eigenvalue weighted by Crippen LogP contribution is 2.28. The van der Waals surface area contributed by atoms with Gasteiger partial charge in [0.1, 0.15) is 17.3 Å². The minimum atomic E-state index is -0.555. The van der Waals surface area contributed by atoms with Gasteiger partial charge in [-0.1, -0.05) is 11.6 Å². The van der Waals surface area contributed by atoms with Gasteiger partial charge in [-0.15, -0.1) is 11.3 Å². The summed E-state index contributed by atoms with van der Waals surface area (Å²) in [5.74, 6) is -1.11. The number of nitrogens with one attached hydrogen (secondary N) is 1. The predicted molar refractivity (Wildman–Crippen MR) is 80.6 cm³/mol. The van der Waals surface area contributed by atoms with Gasteiger partial charge in [-0.3, -0.25) is 0 Å². The van der Waals surface area contributed by atoms with Gasteiger partial charge in [-0.05, 0) is 36.9 Å². The third kappa shape index (κ3) is 3.48. The highest BCUT2D eigenvalue weighted by molar-refractivity contribution is 7.16. The zero-order valence-electron chi connectivity index (χ0n) is 11.2. The van der Waals surface area contributed by atoms with Crippen LogP contribution in [0, 0.1) is 11.6 Å². The average Bonchev–Trinajstić information content (AvgIpc) is 2.74. The van der Waals surface area contributed by atoms with Crippen molar-refractivity contribution >= 4 is 28.6 Å². The van der Waals surface area contributed by atoms with Crippen LogP contribution in [0.15, 0.2) is 24.3 Å². The Hall–Kier alpha value is -1.17. The molecule has 1 heterocycles. The molecule has 108 valence electrons. The first kappa shape index (κ1) is 15.2. The lowest BCUT2D eigenvalue weighted by molar-refractivity contribution is 0.572. The Balaban J connectivity index is 2.23. The van der Waals surface area contributed by atoms with Crippen molar-refractivity contribution in [1.29, 1.82) is 0 Å². The van der Waals surface area contributed by atoms with E-state index >= 15 is 0 Å². The van der Waals surface area contributed by atoms with Crippen molar-refractivity contribution in [3.8, 4) is 0 Å². The van der Waals surface area contributed by atoms with Crippen molar-refractivity contribution in [2.24, 2.45) is 0 Å². The van der Waals surface area contributed by atoms with Gasteiger partial charge in [-0.25, -0.2) is 8.78 Å². The second-order valence-corrected chi connectivity index (χ2v) is 6.30. The summed E-state index contributed by atoms with van der Waals surface area (Å²) in [6.45, 7) is 0.842. The van der Waals surface area contributed by atoms with Gasteiger partial charge in [0.25, 0.3) is 0 Å². The minimum absolute atomic E-state index is 0.0191. The molecule has 0 aliphatic heterocycles. The molecule has 0 aliphatic rings. The SMILES string of the molecule is CNCc1cc(F)c(N(C)Cc2ccc(Cl)s2)c(F)c1. The van der Waals surface area contributed by atoms with Crippen LogP contribution < -0.4 is 10.2 Å².